The number of nitrogens with one attached hydrogen (secondary N) is 2. The molecule has 1 saturated carbocycles. The molecule has 0 unspecified atom stereocenters. The Labute approximate surface area is 149 Å². The molecular formula is C20H27N3O2. The van der Waals surface area contributed by atoms with Gasteiger partial charge in [-0.2, -0.15) is 0 Å². The molecule has 3 rings (SSSR count). The Kier molecular flexibility index (Phi) is 5.74. The Morgan fingerprint density at radius 2 is 1.92 bits per heavy atom. The molecule has 1 aromatic rings. The highest BCUT2D eigenvalue weighted by Crippen LogP contribution is 2.29. The van der Waals surface area contributed by atoms with Crippen molar-refractivity contribution in [1.29, 1.82) is 0 Å². The number of hydrogen-bond acceptors (Lipinski definition) is 3. The van der Waals surface area contributed by atoms with E-state index in [1.54, 1.807) is 4.90 Å². The predicted octanol–water partition coefficient (Wildman–Crippen LogP) is 3.26. The lowest BCUT2D eigenvalue weighted by Gasteiger charge is -2.19. The molecule has 1 fully saturated rings. The second-order valence-corrected chi connectivity index (χ2v) is 7.13. The van der Waals surface area contributed by atoms with Crippen LogP contribution in [0.3, 0.4) is 0 Å². The van der Waals surface area contributed by atoms with Crippen LogP contribution in [0.2, 0.25) is 0 Å². The number of carbonyl (C=O) groups is 2. The lowest BCUT2D eigenvalue weighted by atomic mass is 10.0. The van der Waals surface area contributed by atoms with Crippen molar-refractivity contribution in [2.75, 3.05) is 30.8 Å². The van der Waals surface area contributed by atoms with E-state index < -0.39 is 0 Å². The second kappa shape index (κ2) is 8.19. The normalized spacial score (nSPS) is 18.8. The number of carbonyl (C=O) groups excluding carboxylic acids is 2. The molecule has 2 amide bonds. The molecule has 5 nitrogen and oxygen atoms in total. The number of hydrogen-bond donors (Lipinski definition) is 2. The van der Waals surface area contributed by atoms with Gasteiger partial charge in [0.1, 0.15) is 0 Å². The lowest BCUT2D eigenvalue weighted by Crippen LogP contribution is -2.33. The fourth-order valence-electron chi connectivity index (χ4n) is 3.15. The summed E-state index contributed by atoms with van der Waals surface area (Å²) in [5.41, 5.74) is 1.51. The van der Waals surface area contributed by atoms with E-state index in [0.29, 0.717) is 18.3 Å². The van der Waals surface area contributed by atoms with Gasteiger partial charge >= 0.3 is 0 Å². The summed E-state index contributed by atoms with van der Waals surface area (Å²) >= 11 is 0. The summed E-state index contributed by atoms with van der Waals surface area (Å²) in [5, 5.41) is 6.14. The van der Waals surface area contributed by atoms with Gasteiger partial charge in [0.05, 0.1) is 17.9 Å². The SMILES string of the molecule is CN(CC1CC1)C(=O)CNc1ccccc1NC(=O)C[C@@H]1C=CCC1. The Hall–Kier alpha value is -2.30. The molecule has 2 aliphatic rings. The van der Waals surface area contributed by atoms with E-state index in [1.807, 2.05) is 31.3 Å². The van der Waals surface area contributed by atoms with E-state index in [1.165, 1.54) is 12.8 Å². The predicted molar refractivity (Wildman–Crippen MR) is 100 cm³/mol. The zero-order chi connectivity index (χ0) is 17.6. The van der Waals surface area contributed by atoms with Crippen molar-refractivity contribution in [1.82, 2.24) is 4.90 Å². The van der Waals surface area contributed by atoms with Gasteiger partial charge in [0.2, 0.25) is 11.8 Å². The highest BCUT2D eigenvalue weighted by molar-refractivity contribution is 5.95. The van der Waals surface area contributed by atoms with Crippen LogP contribution in [0.25, 0.3) is 0 Å². The summed E-state index contributed by atoms with van der Waals surface area (Å²) < 4.78 is 0. The van der Waals surface area contributed by atoms with Crippen molar-refractivity contribution in [3.63, 3.8) is 0 Å². The zero-order valence-corrected chi connectivity index (χ0v) is 14.8. The molecule has 0 radical (unpaired) electrons. The Balaban J connectivity index is 1.51. The maximum atomic E-state index is 12.2. The summed E-state index contributed by atoms with van der Waals surface area (Å²) in [6, 6.07) is 7.54. The van der Waals surface area contributed by atoms with Crippen LogP contribution in [0.1, 0.15) is 32.1 Å². The Morgan fingerprint density at radius 1 is 1.16 bits per heavy atom. The quantitative estimate of drug-likeness (QED) is 0.714. The molecular weight excluding hydrogens is 314 g/mol. The maximum absolute atomic E-state index is 12.2. The van der Waals surface area contributed by atoms with Gasteiger partial charge in [-0.1, -0.05) is 24.3 Å². The molecule has 5 heteroatoms. The first kappa shape index (κ1) is 17.5. The molecule has 0 aliphatic heterocycles. The third-order valence-corrected chi connectivity index (χ3v) is 4.85. The largest absolute Gasteiger partial charge is 0.374 e. The van der Waals surface area contributed by atoms with E-state index in [0.717, 1.165) is 30.8 Å². The van der Waals surface area contributed by atoms with E-state index in [-0.39, 0.29) is 18.4 Å². The van der Waals surface area contributed by atoms with Crippen LogP contribution in [0.5, 0.6) is 0 Å². The molecule has 0 bridgehead atoms. The van der Waals surface area contributed by atoms with Gasteiger partial charge in [-0.05, 0) is 49.7 Å². The number of amides is 2. The molecule has 25 heavy (non-hydrogen) atoms. The first-order chi connectivity index (χ1) is 12.1. The van der Waals surface area contributed by atoms with Gasteiger partial charge in [-0.25, -0.2) is 0 Å². The molecule has 2 aliphatic carbocycles. The summed E-state index contributed by atoms with van der Waals surface area (Å²) in [4.78, 5) is 26.2. The number of nitrogens with zero attached hydrogens (tertiary/aromatic N) is 1. The van der Waals surface area contributed by atoms with Gasteiger partial charge < -0.3 is 15.5 Å². The first-order valence-electron chi connectivity index (χ1n) is 9.15. The molecule has 0 saturated heterocycles. The summed E-state index contributed by atoms with van der Waals surface area (Å²) in [6.07, 6.45) is 9.34. The molecule has 1 aromatic carbocycles. The summed E-state index contributed by atoms with van der Waals surface area (Å²) in [6.45, 7) is 1.08. The van der Waals surface area contributed by atoms with Gasteiger partial charge in [-0.15, -0.1) is 0 Å². The number of para-hydroxylation sites is 2. The average molecular weight is 341 g/mol. The Morgan fingerprint density at radius 3 is 2.60 bits per heavy atom. The average Bonchev–Trinajstić information content (AvgIpc) is 3.26. The fraction of sp³-hybridized carbons (Fsp3) is 0.500. The van der Waals surface area contributed by atoms with Crippen molar-refractivity contribution >= 4 is 23.2 Å². The van der Waals surface area contributed by atoms with Gasteiger partial charge in [0.25, 0.3) is 0 Å². The highest BCUT2D eigenvalue weighted by atomic mass is 16.2. The molecule has 134 valence electrons. The van der Waals surface area contributed by atoms with E-state index in [2.05, 4.69) is 22.8 Å². The van der Waals surface area contributed by atoms with Crippen molar-refractivity contribution in [2.24, 2.45) is 11.8 Å². The number of allylic oxidation sites excluding steroid dienone is 2. The number of likely N-dealkylation sites (N-methyl/N-ethyl adjacent to an activating group) is 1. The zero-order valence-electron chi connectivity index (χ0n) is 14.8. The van der Waals surface area contributed by atoms with Crippen LogP contribution >= 0.6 is 0 Å². The molecule has 0 aromatic heterocycles. The number of benzene rings is 1. The number of anilines is 2. The van der Waals surface area contributed by atoms with Crippen LogP contribution in [-0.2, 0) is 9.59 Å². The Bertz CT molecular complexity index is 652. The van der Waals surface area contributed by atoms with Gasteiger partial charge in [0.15, 0.2) is 0 Å². The van der Waals surface area contributed by atoms with E-state index in [9.17, 15) is 9.59 Å². The van der Waals surface area contributed by atoms with Crippen LogP contribution in [-0.4, -0.2) is 36.9 Å². The van der Waals surface area contributed by atoms with E-state index >= 15 is 0 Å². The van der Waals surface area contributed by atoms with Crippen LogP contribution in [0.15, 0.2) is 36.4 Å². The van der Waals surface area contributed by atoms with Crippen molar-refractivity contribution in [3.05, 3.63) is 36.4 Å². The highest BCUT2D eigenvalue weighted by Gasteiger charge is 2.24. The topological polar surface area (TPSA) is 61.4 Å². The van der Waals surface area contributed by atoms with Gasteiger partial charge in [0, 0.05) is 20.0 Å². The van der Waals surface area contributed by atoms with Crippen molar-refractivity contribution in [2.45, 2.75) is 32.1 Å². The third-order valence-electron chi connectivity index (χ3n) is 4.85. The van der Waals surface area contributed by atoms with Crippen molar-refractivity contribution < 1.29 is 9.59 Å². The minimum Gasteiger partial charge on any atom is -0.374 e. The van der Waals surface area contributed by atoms with E-state index in [4.69, 9.17) is 0 Å². The molecule has 0 heterocycles. The van der Waals surface area contributed by atoms with Crippen LogP contribution in [0.4, 0.5) is 11.4 Å². The monoisotopic (exact) mass is 341 g/mol. The maximum Gasteiger partial charge on any atom is 0.241 e. The lowest BCUT2D eigenvalue weighted by molar-refractivity contribution is -0.128. The molecule has 0 spiro atoms. The van der Waals surface area contributed by atoms with Crippen LogP contribution < -0.4 is 10.6 Å². The molecule has 2 N–H and O–H groups in total. The fourth-order valence-corrected chi connectivity index (χ4v) is 3.15. The van der Waals surface area contributed by atoms with Crippen molar-refractivity contribution in [3.8, 4) is 0 Å². The van der Waals surface area contributed by atoms with Gasteiger partial charge in [-0.3, -0.25) is 9.59 Å². The van der Waals surface area contributed by atoms with Crippen LogP contribution in [0, 0.1) is 11.8 Å². The number of rotatable bonds is 8. The first-order valence-corrected chi connectivity index (χ1v) is 9.15. The standard InChI is InChI=1S/C20H27N3O2/c1-23(14-16-10-11-16)20(25)13-21-17-8-4-5-9-18(17)22-19(24)12-15-6-2-3-7-15/h2,4-6,8-9,15-16,21H,3,7,10-14H2,1H3,(H,22,24)/t15-/m1/s1. The smallest absolute Gasteiger partial charge is 0.241 e. The molecule has 1 atom stereocenters. The third kappa shape index (κ3) is 5.34. The second-order valence-electron chi connectivity index (χ2n) is 7.13. The summed E-state index contributed by atoms with van der Waals surface area (Å²) in [5.74, 6) is 1.12. The minimum atomic E-state index is 0.0166. The minimum absolute atomic E-state index is 0.0166. The summed E-state index contributed by atoms with van der Waals surface area (Å²) in [7, 11) is 1.85.